The number of amides is 1. The molecule has 0 saturated heterocycles. The van der Waals surface area contributed by atoms with Crippen molar-refractivity contribution in [2.45, 2.75) is 59.3 Å². The second-order valence-corrected chi connectivity index (χ2v) is 5.30. The van der Waals surface area contributed by atoms with E-state index in [2.05, 4.69) is 5.32 Å². The van der Waals surface area contributed by atoms with Gasteiger partial charge in [-0.05, 0) is 46.2 Å². The number of carbonyl (C=O) groups excluding carboxylic acids is 1. The maximum Gasteiger partial charge on any atom is 0.260 e. The van der Waals surface area contributed by atoms with Gasteiger partial charge in [-0.1, -0.05) is 18.6 Å². The van der Waals surface area contributed by atoms with Crippen molar-refractivity contribution in [3.63, 3.8) is 0 Å². The van der Waals surface area contributed by atoms with Crippen LogP contribution in [0.5, 0.6) is 5.75 Å². The Kier molecular flexibility index (Phi) is 6.02. The predicted octanol–water partition coefficient (Wildman–Crippen LogP) is 2.73. The van der Waals surface area contributed by atoms with E-state index < -0.39 is 12.2 Å². The lowest BCUT2D eigenvalue weighted by Gasteiger charge is -2.20. The van der Waals surface area contributed by atoms with Crippen LogP contribution in [0.2, 0.25) is 0 Å². The van der Waals surface area contributed by atoms with Crippen LogP contribution >= 0.6 is 0 Å². The Hall–Kier alpha value is -1.55. The molecule has 0 aliphatic carbocycles. The van der Waals surface area contributed by atoms with Gasteiger partial charge in [0.1, 0.15) is 5.75 Å². The molecule has 0 heterocycles. The molecule has 3 atom stereocenters. The number of benzene rings is 1. The van der Waals surface area contributed by atoms with Crippen LogP contribution in [-0.2, 0) is 4.79 Å². The molecule has 1 amide bonds. The summed E-state index contributed by atoms with van der Waals surface area (Å²) in [6.07, 6.45) is -0.346. The van der Waals surface area contributed by atoms with Crippen molar-refractivity contribution in [2.75, 3.05) is 0 Å². The smallest absolute Gasteiger partial charge is 0.260 e. The van der Waals surface area contributed by atoms with Gasteiger partial charge in [-0.25, -0.2) is 0 Å². The summed E-state index contributed by atoms with van der Waals surface area (Å²) < 4.78 is 5.70. The highest BCUT2D eigenvalue weighted by molar-refractivity contribution is 5.81. The molecule has 4 nitrogen and oxygen atoms in total. The van der Waals surface area contributed by atoms with Gasteiger partial charge < -0.3 is 15.2 Å². The van der Waals surface area contributed by atoms with Crippen molar-refractivity contribution >= 4 is 5.91 Å². The summed E-state index contributed by atoms with van der Waals surface area (Å²) in [6.45, 7) is 9.32. The molecule has 0 bridgehead atoms. The molecule has 2 N–H and O–H groups in total. The Morgan fingerprint density at radius 1 is 1.35 bits per heavy atom. The standard InChI is InChI=1S/C16H25NO3/c1-6-11(3)17-16(19)13(5)20-15-8-7-10(2)9-14(15)12(4)18/h7-9,11-13,18H,6H2,1-5H3,(H,17,19)/t11?,12-,13?/m0/s1. The van der Waals surface area contributed by atoms with Crippen molar-refractivity contribution in [2.24, 2.45) is 0 Å². The fourth-order valence-corrected chi connectivity index (χ4v) is 1.81. The molecule has 1 rings (SSSR count). The maximum absolute atomic E-state index is 12.0. The van der Waals surface area contributed by atoms with Gasteiger partial charge in [-0.2, -0.15) is 0 Å². The normalized spacial score (nSPS) is 15.3. The first-order chi connectivity index (χ1) is 9.35. The van der Waals surface area contributed by atoms with Gasteiger partial charge >= 0.3 is 0 Å². The van der Waals surface area contributed by atoms with Crippen LogP contribution < -0.4 is 10.1 Å². The van der Waals surface area contributed by atoms with E-state index in [0.717, 1.165) is 12.0 Å². The van der Waals surface area contributed by atoms with Crippen molar-refractivity contribution in [3.8, 4) is 5.75 Å². The Bertz CT molecular complexity index is 457. The number of rotatable bonds is 6. The number of aryl methyl sites for hydroxylation is 1. The van der Waals surface area contributed by atoms with E-state index in [0.29, 0.717) is 11.3 Å². The third-order valence-corrected chi connectivity index (χ3v) is 3.29. The number of aliphatic hydroxyl groups excluding tert-OH is 1. The molecule has 1 aromatic rings. The van der Waals surface area contributed by atoms with E-state index in [9.17, 15) is 9.90 Å². The topological polar surface area (TPSA) is 58.6 Å². The first-order valence-electron chi connectivity index (χ1n) is 7.10. The number of hydrogen-bond donors (Lipinski definition) is 2. The lowest BCUT2D eigenvalue weighted by atomic mass is 10.1. The fourth-order valence-electron chi connectivity index (χ4n) is 1.81. The van der Waals surface area contributed by atoms with Gasteiger partial charge in [0.05, 0.1) is 6.10 Å². The molecule has 0 saturated carbocycles. The third kappa shape index (κ3) is 4.53. The first-order valence-corrected chi connectivity index (χ1v) is 7.10. The summed E-state index contributed by atoms with van der Waals surface area (Å²) >= 11 is 0. The molecule has 0 spiro atoms. The Labute approximate surface area is 121 Å². The zero-order valence-electron chi connectivity index (χ0n) is 12.9. The number of hydrogen-bond acceptors (Lipinski definition) is 3. The van der Waals surface area contributed by atoms with E-state index in [4.69, 9.17) is 4.74 Å². The van der Waals surface area contributed by atoms with Crippen LogP contribution in [0.1, 0.15) is 51.3 Å². The molecule has 20 heavy (non-hydrogen) atoms. The fraction of sp³-hybridized carbons (Fsp3) is 0.562. The van der Waals surface area contributed by atoms with Gasteiger partial charge in [-0.3, -0.25) is 4.79 Å². The molecule has 0 fully saturated rings. The molecular weight excluding hydrogens is 254 g/mol. The second kappa shape index (κ2) is 7.29. The van der Waals surface area contributed by atoms with Gasteiger partial charge in [0.25, 0.3) is 5.91 Å². The Morgan fingerprint density at radius 3 is 2.55 bits per heavy atom. The minimum atomic E-state index is -0.630. The molecule has 0 radical (unpaired) electrons. The highest BCUT2D eigenvalue weighted by Crippen LogP contribution is 2.27. The summed E-state index contributed by atoms with van der Waals surface area (Å²) in [5.41, 5.74) is 1.75. The lowest BCUT2D eigenvalue weighted by molar-refractivity contribution is -0.127. The minimum Gasteiger partial charge on any atom is -0.481 e. The molecule has 0 aliphatic heterocycles. The van der Waals surface area contributed by atoms with Crippen LogP contribution in [0.4, 0.5) is 0 Å². The summed E-state index contributed by atoms with van der Waals surface area (Å²) in [5, 5.41) is 12.7. The van der Waals surface area contributed by atoms with Crippen LogP contribution in [0.25, 0.3) is 0 Å². The molecule has 4 heteroatoms. The summed E-state index contributed by atoms with van der Waals surface area (Å²) in [4.78, 5) is 12.0. The van der Waals surface area contributed by atoms with Crippen LogP contribution in [-0.4, -0.2) is 23.2 Å². The SMILES string of the molecule is CCC(C)NC(=O)C(C)Oc1ccc(C)cc1[C@H](C)O. The van der Waals surface area contributed by atoms with E-state index in [1.165, 1.54) is 0 Å². The van der Waals surface area contributed by atoms with Crippen molar-refractivity contribution in [3.05, 3.63) is 29.3 Å². The number of nitrogens with one attached hydrogen (secondary N) is 1. The number of aliphatic hydroxyl groups is 1. The number of ether oxygens (including phenoxy) is 1. The predicted molar refractivity (Wildman–Crippen MR) is 79.8 cm³/mol. The highest BCUT2D eigenvalue weighted by Gasteiger charge is 2.18. The van der Waals surface area contributed by atoms with Crippen molar-refractivity contribution in [1.29, 1.82) is 0 Å². The average Bonchev–Trinajstić information content (AvgIpc) is 2.40. The summed E-state index contributed by atoms with van der Waals surface area (Å²) in [5.74, 6) is 0.411. The molecular formula is C16H25NO3. The molecule has 0 aromatic heterocycles. The summed E-state index contributed by atoms with van der Waals surface area (Å²) in [7, 11) is 0. The van der Waals surface area contributed by atoms with E-state index in [1.807, 2.05) is 32.9 Å². The van der Waals surface area contributed by atoms with Gasteiger partial charge in [-0.15, -0.1) is 0 Å². The quantitative estimate of drug-likeness (QED) is 0.841. The van der Waals surface area contributed by atoms with Gasteiger partial charge in [0.2, 0.25) is 0 Å². The molecule has 2 unspecified atom stereocenters. The van der Waals surface area contributed by atoms with Gasteiger partial charge in [0.15, 0.2) is 6.10 Å². The van der Waals surface area contributed by atoms with Crippen molar-refractivity contribution in [1.82, 2.24) is 5.32 Å². The molecule has 112 valence electrons. The van der Waals surface area contributed by atoms with E-state index in [-0.39, 0.29) is 11.9 Å². The highest BCUT2D eigenvalue weighted by atomic mass is 16.5. The monoisotopic (exact) mass is 279 g/mol. The van der Waals surface area contributed by atoms with Gasteiger partial charge in [0, 0.05) is 11.6 Å². The maximum atomic E-state index is 12.0. The zero-order chi connectivity index (χ0) is 15.3. The Morgan fingerprint density at radius 2 is 2.00 bits per heavy atom. The minimum absolute atomic E-state index is 0.128. The first kappa shape index (κ1) is 16.5. The Balaban J connectivity index is 2.80. The van der Waals surface area contributed by atoms with Crippen LogP contribution in [0.15, 0.2) is 18.2 Å². The van der Waals surface area contributed by atoms with Crippen LogP contribution in [0, 0.1) is 6.92 Å². The zero-order valence-corrected chi connectivity index (χ0v) is 12.9. The van der Waals surface area contributed by atoms with E-state index in [1.54, 1.807) is 19.9 Å². The van der Waals surface area contributed by atoms with Crippen molar-refractivity contribution < 1.29 is 14.6 Å². The number of carbonyl (C=O) groups is 1. The third-order valence-electron chi connectivity index (χ3n) is 3.29. The largest absolute Gasteiger partial charge is 0.481 e. The lowest BCUT2D eigenvalue weighted by Crippen LogP contribution is -2.41. The second-order valence-electron chi connectivity index (χ2n) is 5.30. The summed E-state index contributed by atoms with van der Waals surface area (Å²) in [6, 6.07) is 5.70. The van der Waals surface area contributed by atoms with Crippen LogP contribution in [0.3, 0.4) is 0 Å². The van der Waals surface area contributed by atoms with E-state index >= 15 is 0 Å². The molecule has 1 aromatic carbocycles. The molecule has 0 aliphatic rings. The average molecular weight is 279 g/mol.